The summed E-state index contributed by atoms with van der Waals surface area (Å²) in [6.45, 7) is 3.52. The Morgan fingerprint density at radius 3 is 1.33 bits per heavy atom. The smallest absolute Gasteiger partial charge is 0.349 e. The number of unbranched alkanes of at least 4 members (excludes halogenated alkanes) is 3. The van der Waals surface area contributed by atoms with Gasteiger partial charge >= 0.3 is 11.9 Å². The molecule has 12 heteroatoms. The maximum atomic E-state index is 12.9. The number of nitriles is 4. The van der Waals surface area contributed by atoms with Gasteiger partial charge in [-0.25, -0.2) is 9.59 Å². The third kappa shape index (κ3) is 8.15. The number of allylic oxidation sites excluding steroid dienone is 2. The molecule has 0 spiro atoms. The molecule has 0 saturated carbocycles. The van der Waals surface area contributed by atoms with E-state index < -0.39 is 11.9 Å². The molecule has 242 valence electrons. The maximum Gasteiger partial charge on any atom is 0.349 e. The second kappa shape index (κ2) is 16.6. The van der Waals surface area contributed by atoms with Gasteiger partial charge in [-0.3, -0.25) is 0 Å². The van der Waals surface area contributed by atoms with Crippen molar-refractivity contribution in [3.63, 3.8) is 0 Å². The molecule has 2 atom stereocenters. The fraction of sp³-hybridized carbons (Fsp3) is 0.588. The molecule has 2 fully saturated rings. The van der Waals surface area contributed by atoms with Crippen molar-refractivity contribution in [2.75, 3.05) is 39.4 Å². The highest BCUT2D eigenvalue weighted by atomic mass is 16.5. The number of nitrogens with two attached hydrogens (primary N) is 2. The number of nitrogens with zero attached hydrogens (tertiary/aromatic N) is 6. The van der Waals surface area contributed by atoms with Crippen LogP contribution in [0.2, 0.25) is 0 Å². The lowest BCUT2D eigenvalue weighted by Gasteiger charge is -2.31. The van der Waals surface area contributed by atoms with E-state index in [-0.39, 0.29) is 49.3 Å². The number of carbonyl (C=O) groups excluding carboxylic acids is 2. The molecule has 2 aliphatic carbocycles. The van der Waals surface area contributed by atoms with Crippen molar-refractivity contribution in [1.82, 2.24) is 9.80 Å². The summed E-state index contributed by atoms with van der Waals surface area (Å²) in [7, 11) is 0. The van der Waals surface area contributed by atoms with Crippen LogP contribution in [0.25, 0.3) is 0 Å². The lowest BCUT2D eigenvalue weighted by atomic mass is 9.85. The van der Waals surface area contributed by atoms with Gasteiger partial charge in [-0.2, -0.15) is 21.0 Å². The Hall–Kier alpha value is -4.62. The van der Waals surface area contributed by atoms with E-state index in [1.165, 1.54) is 0 Å². The highest BCUT2D eigenvalue weighted by Crippen LogP contribution is 2.36. The minimum atomic E-state index is -0.757. The van der Waals surface area contributed by atoms with E-state index in [9.17, 15) is 30.6 Å². The zero-order valence-electron chi connectivity index (χ0n) is 26.4. The highest BCUT2D eigenvalue weighted by Gasteiger charge is 2.33. The van der Waals surface area contributed by atoms with Crippen molar-refractivity contribution in [3.8, 4) is 24.3 Å². The Morgan fingerprint density at radius 2 is 1.00 bits per heavy atom. The molecule has 2 saturated heterocycles. The molecule has 2 aliphatic heterocycles. The van der Waals surface area contributed by atoms with Gasteiger partial charge in [0.25, 0.3) is 0 Å². The third-order valence-corrected chi connectivity index (χ3v) is 8.96. The van der Waals surface area contributed by atoms with Crippen molar-refractivity contribution >= 4 is 11.9 Å². The van der Waals surface area contributed by atoms with Gasteiger partial charge in [0.05, 0.1) is 24.4 Å². The number of ether oxygens (including phenoxy) is 2. The second-order valence-electron chi connectivity index (χ2n) is 12.2. The molecule has 2 heterocycles. The number of hydrogen-bond acceptors (Lipinski definition) is 12. The molecule has 4 N–H and O–H groups in total. The van der Waals surface area contributed by atoms with Crippen LogP contribution in [-0.2, 0) is 19.1 Å². The van der Waals surface area contributed by atoms with Crippen LogP contribution in [0.5, 0.6) is 0 Å². The number of likely N-dealkylation sites (tertiary alicyclic amines) is 2. The fourth-order valence-electron chi connectivity index (χ4n) is 6.69. The predicted molar refractivity (Wildman–Crippen MR) is 167 cm³/mol. The second-order valence-corrected chi connectivity index (χ2v) is 12.2. The summed E-state index contributed by atoms with van der Waals surface area (Å²) in [4.78, 5) is 30.0. The first-order valence-electron chi connectivity index (χ1n) is 16.2. The van der Waals surface area contributed by atoms with Crippen molar-refractivity contribution in [2.45, 2.75) is 89.1 Å². The molecule has 0 aromatic carbocycles. The molecular formula is C34H42N8O4. The summed E-state index contributed by atoms with van der Waals surface area (Å²) in [6, 6.07) is 7.75. The molecule has 0 radical (unpaired) electrons. The van der Waals surface area contributed by atoms with Gasteiger partial charge in [-0.1, -0.05) is 0 Å². The van der Waals surface area contributed by atoms with Crippen LogP contribution < -0.4 is 11.5 Å². The Kier molecular flexibility index (Phi) is 12.4. The highest BCUT2D eigenvalue weighted by molar-refractivity contribution is 5.95. The normalized spacial score (nSPS) is 23.7. The van der Waals surface area contributed by atoms with E-state index in [1.807, 2.05) is 12.1 Å². The van der Waals surface area contributed by atoms with Gasteiger partial charge in [-0.05, 0) is 75.4 Å². The summed E-state index contributed by atoms with van der Waals surface area (Å²) in [6.07, 6.45) is 8.15. The third-order valence-electron chi connectivity index (χ3n) is 8.96. The number of rotatable bonds is 11. The quantitative estimate of drug-likeness (QED) is 0.147. The van der Waals surface area contributed by atoms with E-state index in [4.69, 9.17) is 20.9 Å². The number of carbonyl (C=O) groups is 2. The first kappa shape index (κ1) is 34.3. The number of hydrogen-bond donors (Lipinski definition) is 2. The number of esters is 2. The summed E-state index contributed by atoms with van der Waals surface area (Å²) < 4.78 is 10.8. The predicted octanol–water partition coefficient (Wildman–Crippen LogP) is 3.26. The Morgan fingerprint density at radius 1 is 0.630 bits per heavy atom. The maximum absolute atomic E-state index is 12.9. The first-order chi connectivity index (χ1) is 22.3. The monoisotopic (exact) mass is 626 g/mol. The summed E-state index contributed by atoms with van der Waals surface area (Å²) in [5, 5.41) is 39.4. The first-order valence-corrected chi connectivity index (χ1v) is 16.2. The molecule has 0 aromatic heterocycles. The van der Waals surface area contributed by atoms with Gasteiger partial charge in [-0.15, -0.1) is 0 Å². The molecule has 0 aromatic rings. The van der Waals surface area contributed by atoms with Gasteiger partial charge in [0, 0.05) is 62.5 Å². The molecule has 0 bridgehead atoms. The van der Waals surface area contributed by atoms with E-state index >= 15 is 0 Å². The molecule has 46 heavy (non-hydrogen) atoms. The molecular weight excluding hydrogens is 584 g/mol. The van der Waals surface area contributed by atoms with E-state index in [1.54, 1.807) is 0 Å². The van der Waals surface area contributed by atoms with Gasteiger partial charge in [0.15, 0.2) is 0 Å². The lowest BCUT2D eigenvalue weighted by Crippen LogP contribution is -2.33. The molecule has 2 unspecified atom stereocenters. The average Bonchev–Trinajstić information content (AvgIpc) is 3.78. The molecule has 12 nitrogen and oxygen atoms in total. The lowest BCUT2D eigenvalue weighted by molar-refractivity contribution is -0.140. The van der Waals surface area contributed by atoms with Gasteiger partial charge in [0.1, 0.15) is 35.4 Å². The van der Waals surface area contributed by atoms with Crippen LogP contribution in [0.4, 0.5) is 0 Å². The standard InChI is InChI=1S/C34H42N8O4/c35-19-27-25(15-23(39)17-31(27)41-9-3-4-10-41)29(21-37)33(43)45-13-7-1-2-8-14-46-34(44)30(22-38)26-16-24(40)18-32(28(26)20-36)42-11-5-6-12-42/h23-24H,1-18,39-40H2/b29-25+,30-26+. The van der Waals surface area contributed by atoms with E-state index in [0.717, 1.165) is 63.3 Å². The minimum absolute atomic E-state index is 0.0985. The van der Waals surface area contributed by atoms with Crippen molar-refractivity contribution in [2.24, 2.45) is 11.5 Å². The fourth-order valence-corrected chi connectivity index (χ4v) is 6.69. The zero-order valence-corrected chi connectivity index (χ0v) is 26.4. The van der Waals surface area contributed by atoms with Gasteiger partial charge in [0.2, 0.25) is 0 Å². The molecule has 4 aliphatic rings. The van der Waals surface area contributed by atoms with Crippen LogP contribution in [0.3, 0.4) is 0 Å². The molecule has 0 amide bonds. The average molecular weight is 627 g/mol. The summed E-state index contributed by atoms with van der Waals surface area (Å²) >= 11 is 0. The summed E-state index contributed by atoms with van der Waals surface area (Å²) in [5.74, 6) is -1.51. The topological polar surface area (TPSA) is 206 Å². The van der Waals surface area contributed by atoms with Crippen LogP contribution >= 0.6 is 0 Å². The SMILES string of the molecule is N#CC1=C(N2CCCC2)CC(N)C/C1=C(/C#N)C(=O)OCCCCCCOC(=O)/C(C#N)=C1\CC(N)CC(N2CCCC2)=C1C#N. The summed E-state index contributed by atoms with van der Waals surface area (Å²) in [5.41, 5.74) is 15.3. The Labute approximate surface area is 270 Å². The van der Waals surface area contributed by atoms with Crippen molar-refractivity contribution < 1.29 is 19.1 Å². The van der Waals surface area contributed by atoms with Crippen molar-refractivity contribution in [1.29, 1.82) is 21.0 Å². The Balaban J connectivity index is 1.26. The van der Waals surface area contributed by atoms with Crippen LogP contribution in [0, 0.1) is 45.3 Å². The largest absolute Gasteiger partial charge is 0.462 e. The van der Waals surface area contributed by atoms with Crippen molar-refractivity contribution in [3.05, 3.63) is 44.8 Å². The van der Waals surface area contributed by atoms with E-state index in [0.29, 0.717) is 60.8 Å². The van der Waals surface area contributed by atoms with E-state index in [2.05, 4.69) is 21.9 Å². The Bertz CT molecular complexity index is 1370. The molecule has 4 rings (SSSR count). The van der Waals surface area contributed by atoms with Crippen LogP contribution in [-0.4, -0.2) is 73.2 Å². The van der Waals surface area contributed by atoms with Gasteiger partial charge < -0.3 is 30.7 Å². The minimum Gasteiger partial charge on any atom is -0.462 e. The van der Waals surface area contributed by atoms with Crippen LogP contribution in [0.1, 0.15) is 77.0 Å². The zero-order chi connectivity index (χ0) is 33.1. The van der Waals surface area contributed by atoms with Crippen LogP contribution in [0.15, 0.2) is 44.8 Å².